The maximum Gasteiger partial charge on any atom is 0.146 e. The number of hydrogen-bond acceptors (Lipinski definition) is 3. The molecule has 1 aromatic carbocycles. The van der Waals surface area contributed by atoms with Crippen LogP contribution >= 0.6 is 11.6 Å². The van der Waals surface area contributed by atoms with Crippen LogP contribution in [0.15, 0.2) is 36.5 Å². The van der Waals surface area contributed by atoms with Gasteiger partial charge < -0.3 is 0 Å². The molecule has 5 heteroatoms. The molecule has 26 heavy (non-hydrogen) atoms. The molecule has 0 fully saturated rings. The summed E-state index contributed by atoms with van der Waals surface area (Å²) in [4.78, 5) is 13.9. The lowest BCUT2D eigenvalue weighted by atomic mass is 10.0. The fourth-order valence-corrected chi connectivity index (χ4v) is 3.82. The highest BCUT2D eigenvalue weighted by Crippen LogP contribution is 2.28. The third-order valence-electron chi connectivity index (χ3n) is 4.74. The number of benzene rings is 1. The van der Waals surface area contributed by atoms with Crippen LogP contribution in [0.1, 0.15) is 35.4 Å². The molecule has 0 saturated heterocycles. The molecule has 0 saturated carbocycles. The molecule has 0 aliphatic heterocycles. The molecule has 0 N–H and O–H groups in total. The predicted octanol–water partition coefficient (Wildman–Crippen LogP) is 4.90. The minimum atomic E-state index is 0.674. The average molecular weight is 365 g/mol. The van der Waals surface area contributed by atoms with E-state index >= 15 is 0 Å². The quantitative estimate of drug-likeness (QED) is 0.517. The fourth-order valence-electron chi connectivity index (χ4n) is 3.55. The monoisotopic (exact) mass is 364 g/mol. The largest absolute Gasteiger partial charge is 0.290 e. The van der Waals surface area contributed by atoms with Gasteiger partial charge in [0.2, 0.25) is 0 Å². The second-order valence-corrected chi connectivity index (χ2v) is 7.02. The minimum Gasteiger partial charge on any atom is -0.290 e. The van der Waals surface area contributed by atoms with Crippen LogP contribution < -0.4 is 0 Å². The van der Waals surface area contributed by atoms with Gasteiger partial charge in [-0.1, -0.05) is 36.7 Å². The van der Waals surface area contributed by atoms with Crippen LogP contribution in [0.5, 0.6) is 0 Å². The SMILES string of the molecule is CCc1cccc2c1ccn1c(Cl)c(CCc3nc(C)cc(C)n3)nc21. The van der Waals surface area contributed by atoms with Gasteiger partial charge in [0, 0.05) is 29.4 Å². The fraction of sp³-hybridized carbons (Fsp3) is 0.286. The molecule has 0 amide bonds. The van der Waals surface area contributed by atoms with Crippen molar-refractivity contribution in [3.63, 3.8) is 0 Å². The molecule has 3 heterocycles. The summed E-state index contributed by atoms with van der Waals surface area (Å²) in [6.07, 6.45) is 4.46. The summed E-state index contributed by atoms with van der Waals surface area (Å²) in [7, 11) is 0. The van der Waals surface area contributed by atoms with Crippen molar-refractivity contribution in [1.29, 1.82) is 0 Å². The van der Waals surface area contributed by atoms with Crippen molar-refractivity contribution in [3.8, 4) is 0 Å². The van der Waals surface area contributed by atoms with Gasteiger partial charge in [-0.05, 0) is 49.8 Å². The molecular formula is C21H21ClN4. The van der Waals surface area contributed by atoms with Crippen LogP contribution in [0.2, 0.25) is 5.15 Å². The molecule has 4 aromatic rings. The first-order valence-electron chi connectivity index (χ1n) is 8.95. The van der Waals surface area contributed by atoms with Gasteiger partial charge in [-0.25, -0.2) is 15.0 Å². The molecular weight excluding hydrogens is 344 g/mol. The van der Waals surface area contributed by atoms with Gasteiger partial charge in [0.25, 0.3) is 0 Å². The van der Waals surface area contributed by atoms with Crippen molar-refractivity contribution in [2.24, 2.45) is 0 Å². The van der Waals surface area contributed by atoms with E-state index in [0.29, 0.717) is 5.15 Å². The van der Waals surface area contributed by atoms with Gasteiger partial charge in [-0.15, -0.1) is 0 Å². The lowest BCUT2D eigenvalue weighted by molar-refractivity contribution is 0.822. The Labute approximate surface area is 157 Å². The van der Waals surface area contributed by atoms with Crippen molar-refractivity contribution in [3.05, 3.63) is 70.2 Å². The molecule has 3 aromatic heterocycles. The van der Waals surface area contributed by atoms with E-state index in [1.54, 1.807) is 0 Å². The number of hydrogen-bond donors (Lipinski definition) is 0. The van der Waals surface area contributed by atoms with Crippen LogP contribution in [-0.2, 0) is 19.3 Å². The third kappa shape index (κ3) is 2.95. The van der Waals surface area contributed by atoms with Crippen molar-refractivity contribution in [2.45, 2.75) is 40.0 Å². The second kappa shape index (κ2) is 6.69. The van der Waals surface area contributed by atoms with E-state index < -0.39 is 0 Å². The number of halogens is 1. The first-order valence-corrected chi connectivity index (χ1v) is 9.33. The van der Waals surface area contributed by atoms with E-state index in [4.69, 9.17) is 16.6 Å². The van der Waals surface area contributed by atoms with E-state index in [1.807, 2.05) is 30.5 Å². The number of fused-ring (bicyclic) bond motifs is 3. The van der Waals surface area contributed by atoms with Crippen LogP contribution in [0.4, 0.5) is 0 Å². The Morgan fingerprint density at radius 3 is 2.46 bits per heavy atom. The van der Waals surface area contributed by atoms with Gasteiger partial charge in [-0.2, -0.15) is 0 Å². The number of pyridine rings is 1. The lowest BCUT2D eigenvalue weighted by Crippen LogP contribution is -2.01. The molecule has 0 aliphatic rings. The standard InChI is InChI=1S/C21H21ClN4/c1-4-15-6-5-7-17-16(15)10-11-26-20(22)18(25-21(17)26)8-9-19-23-13(2)12-14(3)24-19/h5-7,10-12H,4,8-9H2,1-3H3. The molecule has 0 radical (unpaired) electrons. The van der Waals surface area contributed by atoms with Crippen LogP contribution in [-0.4, -0.2) is 19.4 Å². The Morgan fingerprint density at radius 1 is 0.962 bits per heavy atom. The molecule has 4 nitrogen and oxygen atoms in total. The van der Waals surface area contributed by atoms with Gasteiger partial charge in [0.05, 0.1) is 5.69 Å². The summed E-state index contributed by atoms with van der Waals surface area (Å²) in [6.45, 7) is 6.16. The minimum absolute atomic E-state index is 0.674. The van der Waals surface area contributed by atoms with Crippen molar-refractivity contribution in [2.75, 3.05) is 0 Å². The van der Waals surface area contributed by atoms with Crippen LogP contribution in [0.25, 0.3) is 16.4 Å². The Morgan fingerprint density at radius 2 is 1.73 bits per heavy atom. The van der Waals surface area contributed by atoms with Crippen molar-refractivity contribution >= 4 is 28.0 Å². The first-order chi connectivity index (χ1) is 12.6. The normalized spacial score (nSPS) is 11.5. The van der Waals surface area contributed by atoms with E-state index in [-0.39, 0.29) is 0 Å². The molecule has 132 valence electrons. The van der Waals surface area contributed by atoms with Crippen LogP contribution in [0.3, 0.4) is 0 Å². The smallest absolute Gasteiger partial charge is 0.146 e. The topological polar surface area (TPSA) is 43.1 Å². The van der Waals surface area contributed by atoms with Crippen molar-refractivity contribution < 1.29 is 0 Å². The van der Waals surface area contributed by atoms with E-state index in [9.17, 15) is 0 Å². The summed E-state index contributed by atoms with van der Waals surface area (Å²) in [5.41, 5.74) is 5.12. The first kappa shape index (κ1) is 17.0. The van der Waals surface area contributed by atoms with Gasteiger partial charge >= 0.3 is 0 Å². The number of nitrogens with zero attached hydrogens (tertiary/aromatic N) is 4. The summed E-state index contributed by atoms with van der Waals surface area (Å²) in [5, 5.41) is 3.06. The molecule has 0 unspecified atom stereocenters. The number of rotatable bonds is 4. The summed E-state index contributed by atoms with van der Waals surface area (Å²) < 4.78 is 1.97. The van der Waals surface area contributed by atoms with Gasteiger partial charge in [0.15, 0.2) is 0 Å². The lowest BCUT2D eigenvalue weighted by Gasteiger charge is -2.05. The molecule has 0 aliphatic carbocycles. The third-order valence-corrected chi connectivity index (χ3v) is 5.14. The average Bonchev–Trinajstić information content (AvgIpc) is 2.95. The highest BCUT2D eigenvalue weighted by atomic mass is 35.5. The second-order valence-electron chi connectivity index (χ2n) is 6.66. The van der Waals surface area contributed by atoms with Crippen molar-refractivity contribution in [1.82, 2.24) is 19.4 Å². The van der Waals surface area contributed by atoms with E-state index in [2.05, 4.69) is 41.2 Å². The Balaban J connectivity index is 1.74. The molecule has 0 bridgehead atoms. The zero-order valence-corrected chi connectivity index (χ0v) is 16.0. The highest BCUT2D eigenvalue weighted by molar-refractivity contribution is 6.30. The summed E-state index contributed by atoms with van der Waals surface area (Å²) in [5.74, 6) is 0.841. The number of aromatic nitrogens is 4. The maximum atomic E-state index is 6.62. The predicted molar refractivity (Wildman–Crippen MR) is 106 cm³/mol. The Bertz CT molecular complexity index is 1090. The maximum absolute atomic E-state index is 6.62. The van der Waals surface area contributed by atoms with E-state index in [0.717, 1.165) is 53.2 Å². The Hall–Kier alpha value is -2.46. The highest BCUT2D eigenvalue weighted by Gasteiger charge is 2.14. The summed E-state index contributed by atoms with van der Waals surface area (Å²) in [6, 6.07) is 10.5. The zero-order valence-electron chi connectivity index (χ0n) is 15.3. The number of imidazole rings is 1. The van der Waals surface area contributed by atoms with Gasteiger partial charge in [-0.3, -0.25) is 4.40 Å². The zero-order chi connectivity index (χ0) is 18.3. The van der Waals surface area contributed by atoms with Gasteiger partial charge in [0.1, 0.15) is 16.6 Å². The van der Waals surface area contributed by atoms with Crippen LogP contribution in [0, 0.1) is 13.8 Å². The Kier molecular flexibility index (Phi) is 4.37. The molecule has 0 spiro atoms. The molecule has 0 atom stereocenters. The van der Waals surface area contributed by atoms with E-state index in [1.165, 1.54) is 10.9 Å². The summed E-state index contributed by atoms with van der Waals surface area (Å²) >= 11 is 6.62. The number of aryl methyl sites for hydroxylation is 5. The molecule has 4 rings (SSSR count).